The Morgan fingerprint density at radius 3 is 2.11 bits per heavy atom. The molecule has 0 saturated heterocycles. The van der Waals surface area contributed by atoms with E-state index < -0.39 is 41.3 Å². The highest BCUT2D eigenvalue weighted by Gasteiger charge is 2.26. The maximum atomic E-state index is 13.1. The number of Topliss-reactive ketones (excluding diaryl/α,β-unsaturated/α-hetero) is 1. The maximum absolute atomic E-state index is 13.1. The number of hydrogen-bond acceptors (Lipinski definition) is 7. The third-order valence-corrected chi connectivity index (χ3v) is 6.69. The number of methoxy groups -OCH3 is 1. The minimum atomic E-state index is -1.18. The summed E-state index contributed by atoms with van der Waals surface area (Å²) in [5, 5.41) is 7.77. The van der Waals surface area contributed by atoms with Crippen LogP contribution in [0.2, 0.25) is 10.0 Å². The van der Waals surface area contributed by atoms with Crippen LogP contribution in [0.5, 0.6) is 0 Å². The number of ketones is 1. The molecule has 3 aromatic carbocycles. The molecule has 3 rings (SSSR count). The van der Waals surface area contributed by atoms with Gasteiger partial charge in [0.05, 0.1) is 29.3 Å². The van der Waals surface area contributed by atoms with Gasteiger partial charge in [0.1, 0.15) is 11.6 Å². The second-order valence-electron chi connectivity index (χ2n) is 10.7. The zero-order chi connectivity index (χ0) is 32.4. The molecule has 0 aliphatic rings. The highest BCUT2D eigenvalue weighted by Crippen LogP contribution is 2.32. The first-order valence-corrected chi connectivity index (χ1v) is 14.4. The minimum Gasteiger partial charge on any atom is -0.467 e. The topological polar surface area (TPSA) is 140 Å². The van der Waals surface area contributed by atoms with Gasteiger partial charge in [0.25, 0.3) is 11.8 Å². The zero-order valence-electron chi connectivity index (χ0n) is 24.7. The summed E-state index contributed by atoms with van der Waals surface area (Å²) in [5.74, 6) is -2.42. The van der Waals surface area contributed by atoms with Gasteiger partial charge in [0, 0.05) is 17.7 Å². The Labute approximate surface area is 265 Å². The Morgan fingerprint density at radius 2 is 1.50 bits per heavy atom. The summed E-state index contributed by atoms with van der Waals surface area (Å²) in [5.41, 5.74) is 1.39. The average Bonchev–Trinajstić information content (AvgIpc) is 2.96. The molecule has 3 N–H and O–H groups in total. The van der Waals surface area contributed by atoms with Crippen LogP contribution < -0.4 is 16.0 Å². The number of ether oxygens (including phenoxy) is 2. The number of carbonyl (C=O) groups is 5. The molecule has 232 valence electrons. The lowest BCUT2D eigenvalue weighted by Crippen LogP contribution is -2.42. The fraction of sp³-hybridized carbons (Fsp3) is 0.281. The molecule has 0 aliphatic carbocycles. The average molecular weight is 643 g/mol. The monoisotopic (exact) mass is 641 g/mol. The number of anilines is 1. The number of halogens is 2. The highest BCUT2D eigenvalue weighted by molar-refractivity contribution is 6.40. The Kier molecular flexibility index (Phi) is 11.9. The third kappa shape index (κ3) is 10.1. The van der Waals surface area contributed by atoms with Gasteiger partial charge in [0.2, 0.25) is 0 Å². The van der Waals surface area contributed by atoms with Crippen molar-refractivity contribution in [2.24, 2.45) is 0 Å². The molecule has 0 aromatic heterocycles. The molecule has 3 aromatic rings. The molecule has 0 spiro atoms. The number of esters is 1. The van der Waals surface area contributed by atoms with Crippen LogP contribution >= 0.6 is 23.2 Å². The van der Waals surface area contributed by atoms with E-state index in [0.29, 0.717) is 11.3 Å². The summed E-state index contributed by atoms with van der Waals surface area (Å²) in [6, 6.07) is 17.5. The standard InChI is InChI=1S/C32H33Cl2N3O7/c1-32(2,3)44-31(42)36-22-12-8-11-20(15-22)28(39)35-18-23(38)13-14-26(30(41)43-4)37-29(40)27-24(33)16-21(17-25(27)34)19-9-6-5-7-10-19/h5-12,15-17,26H,13-14,18H2,1-4H3,(H,35,39)(H,36,42)(H,37,40)/t26-/m0/s1. The van der Waals surface area contributed by atoms with Crippen molar-refractivity contribution in [3.63, 3.8) is 0 Å². The summed E-state index contributed by atoms with van der Waals surface area (Å²) >= 11 is 12.8. The van der Waals surface area contributed by atoms with Gasteiger partial charge in [0.15, 0.2) is 5.78 Å². The largest absolute Gasteiger partial charge is 0.467 e. The maximum Gasteiger partial charge on any atom is 0.412 e. The van der Waals surface area contributed by atoms with Crippen molar-refractivity contribution in [2.75, 3.05) is 19.0 Å². The van der Waals surface area contributed by atoms with Crippen molar-refractivity contribution in [3.8, 4) is 11.1 Å². The normalized spacial score (nSPS) is 11.6. The van der Waals surface area contributed by atoms with Gasteiger partial charge >= 0.3 is 12.1 Å². The molecule has 1 atom stereocenters. The molecule has 12 heteroatoms. The van der Waals surface area contributed by atoms with Crippen molar-refractivity contribution in [3.05, 3.63) is 87.9 Å². The first kappa shape index (κ1) is 34.1. The SMILES string of the molecule is COC(=O)[C@H](CCC(=O)CNC(=O)c1cccc(NC(=O)OC(C)(C)C)c1)NC(=O)c1c(Cl)cc(-c2ccccc2)cc1Cl. The van der Waals surface area contributed by atoms with Crippen molar-refractivity contribution >= 4 is 58.5 Å². The lowest BCUT2D eigenvalue weighted by Gasteiger charge is -2.19. The molecule has 0 radical (unpaired) electrons. The lowest BCUT2D eigenvalue weighted by molar-refractivity contribution is -0.143. The zero-order valence-corrected chi connectivity index (χ0v) is 26.2. The number of rotatable bonds is 11. The van der Waals surface area contributed by atoms with E-state index in [4.69, 9.17) is 32.7 Å². The molecule has 0 fully saturated rings. The van der Waals surface area contributed by atoms with Crippen LogP contribution in [0, 0.1) is 0 Å². The van der Waals surface area contributed by atoms with E-state index in [9.17, 15) is 24.0 Å². The number of amides is 3. The van der Waals surface area contributed by atoms with Crippen LogP contribution in [0.3, 0.4) is 0 Å². The molecule has 0 heterocycles. The second-order valence-corrected chi connectivity index (χ2v) is 11.5. The van der Waals surface area contributed by atoms with Crippen molar-refractivity contribution in [2.45, 2.75) is 45.3 Å². The summed E-state index contributed by atoms with van der Waals surface area (Å²) in [6.07, 6.45) is -0.930. The van der Waals surface area contributed by atoms with E-state index >= 15 is 0 Å². The number of carbonyl (C=O) groups excluding carboxylic acids is 5. The Balaban J connectivity index is 1.58. The lowest BCUT2D eigenvalue weighted by atomic mass is 10.0. The number of hydrogen-bond donors (Lipinski definition) is 3. The van der Waals surface area contributed by atoms with Crippen LogP contribution in [0.4, 0.5) is 10.5 Å². The van der Waals surface area contributed by atoms with Crippen LogP contribution in [0.15, 0.2) is 66.7 Å². The van der Waals surface area contributed by atoms with Crippen LogP contribution in [-0.2, 0) is 19.1 Å². The molecule has 0 saturated carbocycles. The van der Waals surface area contributed by atoms with Gasteiger partial charge in [-0.3, -0.25) is 19.7 Å². The predicted octanol–water partition coefficient (Wildman–Crippen LogP) is 6.06. The molecule has 0 unspecified atom stereocenters. The molecular formula is C32H33Cl2N3O7. The molecule has 0 aliphatic heterocycles. The number of benzene rings is 3. The van der Waals surface area contributed by atoms with Crippen LogP contribution in [-0.4, -0.2) is 55.0 Å². The van der Waals surface area contributed by atoms with E-state index in [1.807, 2.05) is 30.3 Å². The van der Waals surface area contributed by atoms with Crippen molar-refractivity contribution < 1.29 is 33.4 Å². The summed E-state index contributed by atoms with van der Waals surface area (Å²) in [6.45, 7) is 4.85. The van der Waals surface area contributed by atoms with Crippen molar-refractivity contribution in [1.29, 1.82) is 0 Å². The van der Waals surface area contributed by atoms with E-state index in [-0.39, 0.29) is 40.6 Å². The number of nitrogens with one attached hydrogen (secondary N) is 3. The summed E-state index contributed by atoms with van der Waals surface area (Å²) < 4.78 is 10.0. The van der Waals surface area contributed by atoms with Gasteiger partial charge in [-0.05, 0) is 68.7 Å². The Morgan fingerprint density at radius 1 is 0.841 bits per heavy atom. The molecular weight excluding hydrogens is 609 g/mol. The summed E-state index contributed by atoms with van der Waals surface area (Å²) in [7, 11) is 1.16. The van der Waals surface area contributed by atoms with E-state index in [0.717, 1.165) is 12.7 Å². The van der Waals surface area contributed by atoms with Gasteiger partial charge in [-0.2, -0.15) is 0 Å². The van der Waals surface area contributed by atoms with Gasteiger partial charge in [-0.15, -0.1) is 0 Å². The minimum absolute atomic E-state index is 0.0242. The summed E-state index contributed by atoms with van der Waals surface area (Å²) in [4.78, 5) is 62.7. The molecule has 0 bridgehead atoms. The van der Waals surface area contributed by atoms with Crippen molar-refractivity contribution in [1.82, 2.24) is 10.6 Å². The Hall–Kier alpha value is -4.41. The quantitative estimate of drug-likeness (QED) is 0.216. The van der Waals surface area contributed by atoms with E-state index in [1.165, 1.54) is 12.1 Å². The fourth-order valence-electron chi connectivity index (χ4n) is 4.04. The molecule has 3 amide bonds. The smallest absolute Gasteiger partial charge is 0.412 e. The molecule has 44 heavy (non-hydrogen) atoms. The van der Waals surface area contributed by atoms with Gasteiger partial charge in [-0.25, -0.2) is 9.59 Å². The predicted molar refractivity (Wildman–Crippen MR) is 168 cm³/mol. The highest BCUT2D eigenvalue weighted by atomic mass is 35.5. The fourth-order valence-corrected chi connectivity index (χ4v) is 4.70. The Bertz CT molecular complexity index is 1520. The molecule has 10 nitrogen and oxygen atoms in total. The van der Waals surface area contributed by atoms with E-state index in [1.54, 1.807) is 45.0 Å². The second kappa shape index (κ2) is 15.4. The third-order valence-electron chi connectivity index (χ3n) is 6.10. The van der Waals surface area contributed by atoms with Gasteiger partial charge < -0.3 is 20.1 Å². The van der Waals surface area contributed by atoms with Crippen LogP contribution in [0.1, 0.15) is 54.3 Å². The van der Waals surface area contributed by atoms with Gasteiger partial charge in [-0.1, -0.05) is 59.6 Å². The van der Waals surface area contributed by atoms with E-state index in [2.05, 4.69) is 16.0 Å². The first-order chi connectivity index (χ1) is 20.8. The first-order valence-electron chi connectivity index (χ1n) is 13.6. The van der Waals surface area contributed by atoms with Crippen LogP contribution in [0.25, 0.3) is 11.1 Å².